The van der Waals surface area contributed by atoms with Gasteiger partial charge in [0.15, 0.2) is 5.78 Å². The maximum Gasteiger partial charge on any atom is 0.216 e. The molecule has 4 nitrogen and oxygen atoms in total. The second-order valence-electron chi connectivity index (χ2n) is 2.81. The molecule has 0 aliphatic carbocycles. The van der Waals surface area contributed by atoms with E-state index >= 15 is 0 Å². The zero-order valence-electron chi connectivity index (χ0n) is 7.72. The van der Waals surface area contributed by atoms with E-state index in [0.29, 0.717) is 23.4 Å². The number of nitrogens with zero attached hydrogens (tertiary/aromatic N) is 1. The van der Waals surface area contributed by atoms with Gasteiger partial charge in [-0.25, -0.2) is 0 Å². The van der Waals surface area contributed by atoms with Crippen molar-refractivity contribution in [3.05, 3.63) is 34.9 Å². The Morgan fingerprint density at radius 1 is 1.20 bits per heavy atom. The van der Waals surface area contributed by atoms with Gasteiger partial charge in [-0.15, -0.1) is 0 Å². The molecule has 2 amide bonds. The summed E-state index contributed by atoms with van der Waals surface area (Å²) in [5, 5.41) is 0.522. The van der Waals surface area contributed by atoms with Crippen molar-refractivity contribution in [3.63, 3.8) is 0 Å². The lowest BCUT2D eigenvalue weighted by Gasteiger charge is -2.07. The van der Waals surface area contributed by atoms with Gasteiger partial charge in [0.25, 0.3) is 0 Å². The van der Waals surface area contributed by atoms with Crippen LogP contribution in [0.4, 0.5) is 0 Å². The maximum absolute atomic E-state index is 11.5. The quantitative estimate of drug-likeness (QED) is 0.558. The molecular formula is C10H8ClNO3. The highest BCUT2D eigenvalue weighted by atomic mass is 35.5. The molecule has 15 heavy (non-hydrogen) atoms. The van der Waals surface area contributed by atoms with E-state index in [0.717, 1.165) is 4.90 Å². The molecule has 78 valence electrons. The molecule has 0 aromatic heterocycles. The SMILES string of the molecule is O=CN(C=O)CC(=O)c1ccc(Cl)cc1. The Bertz CT molecular complexity index is 367. The predicted molar refractivity (Wildman–Crippen MR) is 54.6 cm³/mol. The van der Waals surface area contributed by atoms with Crippen LogP contribution >= 0.6 is 11.6 Å². The topological polar surface area (TPSA) is 54.5 Å². The fourth-order valence-corrected chi connectivity index (χ4v) is 1.12. The molecule has 1 aromatic rings. The molecule has 0 spiro atoms. The van der Waals surface area contributed by atoms with Crippen molar-refractivity contribution in [3.8, 4) is 0 Å². The largest absolute Gasteiger partial charge is 0.292 e. The van der Waals surface area contributed by atoms with Crippen LogP contribution in [0.2, 0.25) is 5.02 Å². The van der Waals surface area contributed by atoms with Crippen LogP contribution in [0.1, 0.15) is 10.4 Å². The molecule has 0 radical (unpaired) electrons. The molecule has 0 saturated heterocycles. The number of carbonyl (C=O) groups excluding carboxylic acids is 3. The zero-order valence-corrected chi connectivity index (χ0v) is 8.48. The van der Waals surface area contributed by atoms with Gasteiger partial charge in [0.05, 0.1) is 6.54 Å². The maximum atomic E-state index is 11.5. The van der Waals surface area contributed by atoms with Crippen molar-refractivity contribution in [2.75, 3.05) is 6.54 Å². The second kappa shape index (κ2) is 5.26. The van der Waals surface area contributed by atoms with E-state index in [4.69, 9.17) is 11.6 Å². The molecule has 0 bridgehead atoms. The van der Waals surface area contributed by atoms with Crippen LogP contribution in [-0.2, 0) is 9.59 Å². The van der Waals surface area contributed by atoms with Crippen molar-refractivity contribution in [1.29, 1.82) is 0 Å². The van der Waals surface area contributed by atoms with Gasteiger partial charge in [-0.2, -0.15) is 0 Å². The average Bonchev–Trinajstić information content (AvgIpc) is 2.26. The lowest BCUT2D eigenvalue weighted by Crippen LogP contribution is -2.27. The van der Waals surface area contributed by atoms with E-state index in [2.05, 4.69) is 0 Å². The standard InChI is InChI=1S/C10H8ClNO3/c11-9-3-1-8(2-4-9)10(15)5-12(6-13)7-14/h1-4,6-7H,5H2. The summed E-state index contributed by atoms with van der Waals surface area (Å²) in [6.07, 6.45) is 0.613. The average molecular weight is 226 g/mol. The van der Waals surface area contributed by atoms with Crippen molar-refractivity contribution in [1.82, 2.24) is 4.90 Å². The second-order valence-corrected chi connectivity index (χ2v) is 3.25. The minimum atomic E-state index is -0.314. The third-order valence-corrected chi connectivity index (χ3v) is 2.02. The number of imide groups is 1. The number of rotatable bonds is 5. The first-order valence-electron chi connectivity index (χ1n) is 4.12. The predicted octanol–water partition coefficient (Wildman–Crippen LogP) is 1.14. The minimum Gasteiger partial charge on any atom is -0.292 e. The Hall–Kier alpha value is -1.68. The number of ketones is 1. The van der Waals surface area contributed by atoms with Crippen LogP contribution in [0.5, 0.6) is 0 Å². The summed E-state index contributed by atoms with van der Waals surface area (Å²) in [7, 11) is 0. The molecule has 0 aliphatic heterocycles. The Morgan fingerprint density at radius 3 is 2.20 bits per heavy atom. The number of Topliss-reactive ketones (excluding diaryl/α,β-unsaturated/α-hetero) is 1. The molecule has 0 N–H and O–H groups in total. The van der Waals surface area contributed by atoms with E-state index in [9.17, 15) is 14.4 Å². The van der Waals surface area contributed by atoms with Gasteiger partial charge < -0.3 is 0 Å². The van der Waals surface area contributed by atoms with Gasteiger partial charge in [-0.05, 0) is 24.3 Å². The van der Waals surface area contributed by atoms with Gasteiger partial charge in [-0.1, -0.05) is 11.6 Å². The Morgan fingerprint density at radius 2 is 1.73 bits per heavy atom. The van der Waals surface area contributed by atoms with Crippen LogP contribution in [0, 0.1) is 0 Å². The summed E-state index contributed by atoms with van der Waals surface area (Å²) < 4.78 is 0. The van der Waals surface area contributed by atoms with E-state index in [-0.39, 0.29) is 12.3 Å². The molecule has 0 heterocycles. The highest BCUT2D eigenvalue weighted by Crippen LogP contribution is 2.10. The summed E-state index contributed by atoms with van der Waals surface area (Å²) in [6.45, 7) is -0.255. The number of carbonyl (C=O) groups is 3. The van der Waals surface area contributed by atoms with Crippen molar-refractivity contribution >= 4 is 30.2 Å². The lowest BCUT2D eigenvalue weighted by molar-refractivity contribution is -0.128. The fourth-order valence-electron chi connectivity index (χ4n) is 0.992. The summed E-state index contributed by atoms with van der Waals surface area (Å²) in [6, 6.07) is 6.22. The molecule has 0 aliphatic rings. The Balaban J connectivity index is 2.72. The van der Waals surface area contributed by atoms with E-state index in [1.807, 2.05) is 0 Å². The summed E-state index contributed by atoms with van der Waals surface area (Å²) in [5.41, 5.74) is 0.410. The number of amides is 2. The van der Waals surface area contributed by atoms with Gasteiger partial charge in [0.1, 0.15) is 0 Å². The molecule has 5 heteroatoms. The summed E-state index contributed by atoms with van der Waals surface area (Å²) in [5.74, 6) is -0.314. The van der Waals surface area contributed by atoms with Crippen molar-refractivity contribution < 1.29 is 14.4 Å². The molecule has 0 atom stereocenters. The number of hydrogen-bond acceptors (Lipinski definition) is 3. The molecule has 1 rings (SSSR count). The first kappa shape index (κ1) is 11.4. The van der Waals surface area contributed by atoms with E-state index in [1.54, 1.807) is 24.3 Å². The molecule has 1 aromatic carbocycles. The van der Waals surface area contributed by atoms with Gasteiger partial charge in [0, 0.05) is 10.6 Å². The monoisotopic (exact) mass is 225 g/mol. The van der Waals surface area contributed by atoms with Gasteiger partial charge >= 0.3 is 0 Å². The molecule has 0 unspecified atom stereocenters. The number of benzene rings is 1. The third-order valence-electron chi connectivity index (χ3n) is 1.76. The van der Waals surface area contributed by atoms with Gasteiger partial charge in [-0.3, -0.25) is 19.3 Å². The Kier molecular flexibility index (Phi) is 4.00. The van der Waals surface area contributed by atoms with E-state index in [1.165, 1.54) is 0 Å². The smallest absolute Gasteiger partial charge is 0.216 e. The fraction of sp³-hybridized carbons (Fsp3) is 0.100. The molecule has 0 fully saturated rings. The number of halogens is 1. The normalized spacial score (nSPS) is 9.40. The highest BCUT2D eigenvalue weighted by molar-refractivity contribution is 6.30. The van der Waals surface area contributed by atoms with Crippen LogP contribution in [0.3, 0.4) is 0 Å². The van der Waals surface area contributed by atoms with Crippen LogP contribution < -0.4 is 0 Å². The third kappa shape index (κ3) is 3.18. The zero-order chi connectivity index (χ0) is 11.3. The van der Waals surface area contributed by atoms with Crippen LogP contribution in [-0.4, -0.2) is 30.0 Å². The lowest BCUT2D eigenvalue weighted by atomic mass is 10.1. The van der Waals surface area contributed by atoms with E-state index < -0.39 is 0 Å². The van der Waals surface area contributed by atoms with Gasteiger partial charge in [0.2, 0.25) is 12.8 Å². The first-order chi connectivity index (χ1) is 7.17. The first-order valence-corrected chi connectivity index (χ1v) is 4.50. The van der Waals surface area contributed by atoms with Crippen LogP contribution in [0.25, 0.3) is 0 Å². The molecular weight excluding hydrogens is 218 g/mol. The van der Waals surface area contributed by atoms with Crippen molar-refractivity contribution in [2.24, 2.45) is 0 Å². The summed E-state index contributed by atoms with van der Waals surface area (Å²) >= 11 is 5.64. The van der Waals surface area contributed by atoms with Crippen molar-refractivity contribution in [2.45, 2.75) is 0 Å². The minimum absolute atomic E-state index is 0.255. The highest BCUT2D eigenvalue weighted by Gasteiger charge is 2.09. The summed E-state index contributed by atoms with van der Waals surface area (Å²) in [4.78, 5) is 32.8. The number of hydrogen-bond donors (Lipinski definition) is 0. The molecule has 0 saturated carbocycles. The van der Waals surface area contributed by atoms with Crippen LogP contribution in [0.15, 0.2) is 24.3 Å². The Labute approximate surface area is 91.4 Å².